The van der Waals surface area contributed by atoms with E-state index in [1.807, 2.05) is 36.4 Å². The minimum Gasteiger partial charge on any atom is -0.366 e. The van der Waals surface area contributed by atoms with Gasteiger partial charge in [-0.3, -0.25) is 4.79 Å². The number of carbonyl (C=O) groups is 1. The van der Waals surface area contributed by atoms with Crippen LogP contribution in [0, 0.1) is 6.92 Å². The van der Waals surface area contributed by atoms with E-state index in [0.29, 0.717) is 22.2 Å². The maximum absolute atomic E-state index is 12.3. The predicted octanol–water partition coefficient (Wildman–Crippen LogP) is 8.38. The van der Waals surface area contributed by atoms with Crippen molar-refractivity contribution in [3.63, 3.8) is 0 Å². The Kier molecular flexibility index (Phi) is 5.48. The molecule has 0 radical (unpaired) electrons. The fourth-order valence-corrected chi connectivity index (χ4v) is 5.62. The number of aryl methyl sites for hydroxylation is 1. The van der Waals surface area contributed by atoms with Crippen molar-refractivity contribution < 1.29 is 4.79 Å². The highest BCUT2D eigenvalue weighted by molar-refractivity contribution is 6.36. The molecular formula is C31H22Cl2N2O. The second-order valence-electron chi connectivity index (χ2n) is 9.19. The van der Waals surface area contributed by atoms with Gasteiger partial charge in [-0.05, 0) is 65.2 Å². The first-order chi connectivity index (χ1) is 17.4. The van der Waals surface area contributed by atoms with Gasteiger partial charge in [-0.1, -0.05) is 83.4 Å². The summed E-state index contributed by atoms with van der Waals surface area (Å²) in [6.07, 6.45) is 0. The van der Waals surface area contributed by atoms with E-state index in [-0.39, 0.29) is 0 Å². The third-order valence-electron chi connectivity index (χ3n) is 6.80. The van der Waals surface area contributed by atoms with Crippen LogP contribution in [0.1, 0.15) is 21.5 Å². The van der Waals surface area contributed by atoms with E-state index >= 15 is 0 Å². The maximum atomic E-state index is 12.3. The minimum atomic E-state index is -0.439. The first-order valence-electron chi connectivity index (χ1n) is 11.7. The first-order valence-corrected chi connectivity index (χ1v) is 12.4. The fraction of sp³-hybridized carbons (Fsp3) is 0.0645. The number of hydrogen-bond donors (Lipinski definition) is 1. The Bertz CT molecular complexity index is 1830. The van der Waals surface area contributed by atoms with Gasteiger partial charge in [0.15, 0.2) is 0 Å². The molecule has 176 valence electrons. The highest BCUT2D eigenvalue weighted by atomic mass is 35.5. The van der Waals surface area contributed by atoms with E-state index in [0.717, 1.165) is 32.9 Å². The van der Waals surface area contributed by atoms with E-state index in [9.17, 15) is 4.79 Å². The minimum absolute atomic E-state index is 0.439. The van der Waals surface area contributed by atoms with Crippen LogP contribution in [0.15, 0.2) is 91.0 Å². The summed E-state index contributed by atoms with van der Waals surface area (Å²) in [7, 11) is 0. The lowest BCUT2D eigenvalue weighted by molar-refractivity contribution is 0.100. The van der Waals surface area contributed by atoms with Crippen LogP contribution in [0.5, 0.6) is 0 Å². The number of amides is 1. The molecule has 0 bridgehead atoms. The van der Waals surface area contributed by atoms with Gasteiger partial charge in [0.25, 0.3) is 0 Å². The molecule has 5 aromatic carbocycles. The summed E-state index contributed by atoms with van der Waals surface area (Å²) in [5.41, 5.74) is 12.6. The number of hydrogen-bond acceptors (Lipinski definition) is 1. The number of nitrogens with zero attached hydrogens (tertiary/aromatic N) is 1. The number of halogens is 2. The van der Waals surface area contributed by atoms with Gasteiger partial charge in [0, 0.05) is 38.5 Å². The topological polar surface area (TPSA) is 48.0 Å². The van der Waals surface area contributed by atoms with E-state index in [4.69, 9.17) is 28.9 Å². The van der Waals surface area contributed by atoms with Crippen molar-refractivity contribution in [2.45, 2.75) is 13.5 Å². The average Bonchev–Trinajstić information content (AvgIpc) is 3.17. The molecule has 0 atom stereocenters. The summed E-state index contributed by atoms with van der Waals surface area (Å²) >= 11 is 12.7. The molecule has 6 aromatic rings. The number of nitrogens with two attached hydrogens (primary N) is 1. The smallest absolute Gasteiger partial charge is 0.249 e. The maximum Gasteiger partial charge on any atom is 0.249 e. The van der Waals surface area contributed by atoms with Gasteiger partial charge in [0.05, 0.1) is 11.0 Å². The van der Waals surface area contributed by atoms with Crippen LogP contribution in [-0.4, -0.2) is 10.5 Å². The highest BCUT2D eigenvalue weighted by Gasteiger charge is 2.18. The first kappa shape index (κ1) is 22.7. The van der Waals surface area contributed by atoms with E-state index in [1.54, 1.807) is 12.1 Å². The molecule has 1 heterocycles. The molecule has 1 amide bonds. The molecular weight excluding hydrogens is 487 g/mol. The van der Waals surface area contributed by atoms with Gasteiger partial charge in [-0.15, -0.1) is 0 Å². The zero-order valence-corrected chi connectivity index (χ0v) is 21.1. The summed E-state index contributed by atoms with van der Waals surface area (Å²) in [4.78, 5) is 12.3. The normalized spacial score (nSPS) is 11.5. The van der Waals surface area contributed by atoms with Gasteiger partial charge in [-0.25, -0.2) is 0 Å². The molecule has 0 saturated carbocycles. The van der Waals surface area contributed by atoms with Crippen molar-refractivity contribution in [2.24, 2.45) is 5.73 Å². The number of fused-ring (bicyclic) bond motifs is 4. The second-order valence-corrected chi connectivity index (χ2v) is 10.0. The molecule has 36 heavy (non-hydrogen) atoms. The molecule has 0 saturated heterocycles. The van der Waals surface area contributed by atoms with Gasteiger partial charge in [0.1, 0.15) is 0 Å². The molecule has 2 N–H and O–H groups in total. The fourth-order valence-electron chi connectivity index (χ4n) is 5.11. The van der Waals surface area contributed by atoms with E-state index in [2.05, 4.69) is 54.0 Å². The lowest BCUT2D eigenvalue weighted by atomic mass is 10.0. The Morgan fingerprint density at radius 1 is 0.833 bits per heavy atom. The summed E-state index contributed by atoms with van der Waals surface area (Å²) in [6.45, 7) is 2.75. The van der Waals surface area contributed by atoms with Crippen molar-refractivity contribution in [3.05, 3.63) is 118 Å². The number of aromatic nitrogens is 1. The molecule has 0 aliphatic carbocycles. The molecule has 0 unspecified atom stereocenters. The van der Waals surface area contributed by atoms with Crippen LogP contribution in [-0.2, 0) is 6.54 Å². The van der Waals surface area contributed by atoms with Crippen molar-refractivity contribution in [3.8, 4) is 11.1 Å². The SMILES string of the molecule is Cc1ccc2cc(Cn3c4cc(-c5ccc(Cl)cc5Cl)ccc4c4c(C(N)=O)cccc43)ccc2c1. The van der Waals surface area contributed by atoms with Crippen LogP contribution < -0.4 is 5.73 Å². The molecule has 5 heteroatoms. The second kappa shape index (κ2) is 8.70. The summed E-state index contributed by atoms with van der Waals surface area (Å²) in [5.74, 6) is -0.439. The predicted molar refractivity (Wildman–Crippen MR) is 151 cm³/mol. The number of carbonyl (C=O) groups excluding carboxylic acids is 1. The Morgan fingerprint density at radius 3 is 2.44 bits per heavy atom. The number of rotatable bonds is 4. The van der Waals surface area contributed by atoms with E-state index < -0.39 is 5.91 Å². The zero-order valence-electron chi connectivity index (χ0n) is 19.6. The Hall–Kier alpha value is -3.79. The molecule has 3 nitrogen and oxygen atoms in total. The third kappa shape index (κ3) is 3.81. The van der Waals surface area contributed by atoms with Crippen molar-refractivity contribution in [2.75, 3.05) is 0 Å². The third-order valence-corrected chi connectivity index (χ3v) is 7.35. The zero-order chi connectivity index (χ0) is 25.0. The average molecular weight is 509 g/mol. The molecule has 0 aliphatic rings. The van der Waals surface area contributed by atoms with Crippen LogP contribution in [0.4, 0.5) is 0 Å². The molecule has 0 aliphatic heterocycles. The van der Waals surface area contributed by atoms with Gasteiger partial charge in [0.2, 0.25) is 5.91 Å². The Labute approximate surface area is 218 Å². The Morgan fingerprint density at radius 2 is 1.64 bits per heavy atom. The molecule has 6 rings (SSSR count). The largest absolute Gasteiger partial charge is 0.366 e. The van der Waals surface area contributed by atoms with Gasteiger partial charge < -0.3 is 10.3 Å². The molecule has 1 aromatic heterocycles. The monoisotopic (exact) mass is 508 g/mol. The molecule has 0 spiro atoms. The van der Waals surface area contributed by atoms with Crippen LogP contribution in [0.25, 0.3) is 43.7 Å². The van der Waals surface area contributed by atoms with Crippen molar-refractivity contribution in [1.82, 2.24) is 4.57 Å². The van der Waals surface area contributed by atoms with Crippen LogP contribution >= 0.6 is 23.2 Å². The molecule has 0 fully saturated rings. The standard InChI is InChI=1S/C31H22Cl2N2O/c1-18-5-7-21-14-19(6-8-20(21)13-18)17-35-28-4-2-3-26(31(34)36)30(28)25-11-9-22(15-29(25)35)24-12-10-23(32)16-27(24)33/h2-16H,17H2,1H3,(H2,34,36). The van der Waals surface area contributed by atoms with Gasteiger partial charge >= 0.3 is 0 Å². The number of benzene rings is 5. The van der Waals surface area contributed by atoms with Crippen LogP contribution in [0.3, 0.4) is 0 Å². The summed E-state index contributed by atoms with van der Waals surface area (Å²) in [5, 5.41) is 5.44. The summed E-state index contributed by atoms with van der Waals surface area (Å²) < 4.78 is 2.25. The lowest BCUT2D eigenvalue weighted by Crippen LogP contribution is -2.11. The summed E-state index contributed by atoms with van der Waals surface area (Å²) in [6, 6.07) is 30.5. The lowest BCUT2D eigenvalue weighted by Gasteiger charge is -2.11. The quantitative estimate of drug-likeness (QED) is 0.255. The van der Waals surface area contributed by atoms with Crippen molar-refractivity contribution >= 4 is 61.7 Å². The Balaban J connectivity index is 1.60. The highest BCUT2D eigenvalue weighted by Crippen LogP contribution is 2.37. The van der Waals surface area contributed by atoms with Crippen molar-refractivity contribution in [1.29, 1.82) is 0 Å². The van der Waals surface area contributed by atoms with E-state index in [1.165, 1.54) is 21.9 Å². The van der Waals surface area contributed by atoms with Crippen LogP contribution in [0.2, 0.25) is 10.0 Å². The number of primary amides is 1. The van der Waals surface area contributed by atoms with Gasteiger partial charge in [-0.2, -0.15) is 0 Å².